The Labute approximate surface area is 137 Å². The molecule has 0 saturated carbocycles. The maximum Gasteiger partial charge on any atom is 0.338 e. The molecule has 0 radical (unpaired) electrons. The minimum atomic E-state index is -0.499. The molecule has 24 heavy (non-hydrogen) atoms. The molecule has 124 valence electrons. The van der Waals surface area contributed by atoms with Gasteiger partial charge in [-0.05, 0) is 19.1 Å². The van der Waals surface area contributed by atoms with Crippen molar-refractivity contribution in [3.63, 3.8) is 0 Å². The lowest BCUT2D eigenvalue weighted by molar-refractivity contribution is -0.385. The third-order valence-corrected chi connectivity index (χ3v) is 3.60. The summed E-state index contributed by atoms with van der Waals surface area (Å²) in [5.41, 5.74) is 2.29. The van der Waals surface area contributed by atoms with Gasteiger partial charge in [0.1, 0.15) is 12.4 Å². The fraction of sp³-hybridized carbons (Fsp3) is 0.235. The fourth-order valence-corrected chi connectivity index (χ4v) is 2.49. The van der Waals surface area contributed by atoms with Crippen molar-refractivity contribution in [1.82, 2.24) is 0 Å². The largest absolute Gasteiger partial charge is 0.467 e. The molecule has 0 fully saturated rings. The molecular formula is C17H15NO6. The maximum absolute atomic E-state index is 12.1. The van der Waals surface area contributed by atoms with E-state index in [1.54, 1.807) is 18.2 Å². The summed E-state index contributed by atoms with van der Waals surface area (Å²) in [6, 6.07) is 9.77. The van der Waals surface area contributed by atoms with E-state index in [1.807, 2.05) is 13.0 Å². The third-order valence-electron chi connectivity index (χ3n) is 3.60. The van der Waals surface area contributed by atoms with Gasteiger partial charge in [-0.25, -0.2) is 4.79 Å². The number of benzene rings is 2. The van der Waals surface area contributed by atoms with E-state index in [1.165, 1.54) is 12.1 Å². The van der Waals surface area contributed by atoms with Crippen LogP contribution >= 0.6 is 0 Å². The van der Waals surface area contributed by atoms with Crippen LogP contribution in [-0.4, -0.2) is 17.7 Å². The van der Waals surface area contributed by atoms with Gasteiger partial charge < -0.3 is 14.2 Å². The Bertz CT molecular complexity index is 802. The van der Waals surface area contributed by atoms with Crippen LogP contribution in [0.1, 0.15) is 27.0 Å². The van der Waals surface area contributed by atoms with Gasteiger partial charge in [-0.15, -0.1) is 0 Å². The maximum atomic E-state index is 12.1. The molecule has 0 amide bonds. The van der Waals surface area contributed by atoms with Crippen LogP contribution in [0.2, 0.25) is 0 Å². The summed E-state index contributed by atoms with van der Waals surface area (Å²) in [6.45, 7) is 2.04. The van der Waals surface area contributed by atoms with Gasteiger partial charge >= 0.3 is 5.97 Å². The molecule has 0 N–H and O–H groups in total. The van der Waals surface area contributed by atoms with E-state index in [0.29, 0.717) is 22.4 Å². The monoisotopic (exact) mass is 329 g/mol. The van der Waals surface area contributed by atoms with Crippen molar-refractivity contribution in [2.75, 3.05) is 6.79 Å². The van der Waals surface area contributed by atoms with Crippen LogP contribution in [0.25, 0.3) is 0 Å². The number of ether oxygens (including phenoxy) is 3. The van der Waals surface area contributed by atoms with Crippen LogP contribution in [0, 0.1) is 17.0 Å². The number of non-ortho nitro benzene ring substituents is 1. The third kappa shape index (κ3) is 3.36. The highest BCUT2D eigenvalue weighted by molar-refractivity contribution is 5.89. The van der Waals surface area contributed by atoms with Gasteiger partial charge in [-0.1, -0.05) is 17.7 Å². The topological polar surface area (TPSA) is 87.9 Å². The highest BCUT2D eigenvalue weighted by Gasteiger charge is 2.22. The smallest absolute Gasteiger partial charge is 0.338 e. The molecule has 7 heteroatoms. The molecule has 1 aliphatic heterocycles. The Morgan fingerprint density at radius 1 is 1.33 bits per heavy atom. The zero-order chi connectivity index (χ0) is 17.1. The zero-order valence-electron chi connectivity index (χ0n) is 13.0. The number of rotatable bonds is 4. The zero-order valence-corrected chi connectivity index (χ0v) is 13.0. The van der Waals surface area contributed by atoms with E-state index in [9.17, 15) is 14.9 Å². The summed E-state index contributed by atoms with van der Waals surface area (Å²) in [5.74, 6) is -0.0186. The van der Waals surface area contributed by atoms with E-state index < -0.39 is 10.9 Å². The predicted octanol–water partition coefficient (Wildman–Crippen LogP) is 3.13. The molecule has 0 saturated heterocycles. The fourth-order valence-electron chi connectivity index (χ4n) is 2.49. The number of nitro benzene ring substituents is 1. The first-order valence-corrected chi connectivity index (χ1v) is 7.29. The Kier molecular flexibility index (Phi) is 4.43. The average Bonchev–Trinajstić information content (AvgIpc) is 2.59. The predicted molar refractivity (Wildman–Crippen MR) is 83.7 cm³/mol. The SMILES string of the molecule is Cc1cccc(C(=O)OCc2cc([N+](=O)[O-])cc3c2OCOC3)c1. The van der Waals surface area contributed by atoms with Crippen LogP contribution in [0.4, 0.5) is 5.69 Å². The minimum absolute atomic E-state index is 0.0592. The molecule has 0 aromatic heterocycles. The van der Waals surface area contributed by atoms with E-state index in [2.05, 4.69) is 0 Å². The van der Waals surface area contributed by atoms with E-state index in [0.717, 1.165) is 5.56 Å². The van der Waals surface area contributed by atoms with E-state index in [4.69, 9.17) is 14.2 Å². The normalized spacial score (nSPS) is 12.9. The first-order chi connectivity index (χ1) is 11.5. The van der Waals surface area contributed by atoms with Crippen LogP contribution < -0.4 is 4.74 Å². The number of carbonyl (C=O) groups is 1. The summed E-state index contributed by atoms with van der Waals surface area (Å²) in [4.78, 5) is 22.7. The lowest BCUT2D eigenvalue weighted by Gasteiger charge is -2.20. The van der Waals surface area contributed by atoms with Crippen molar-refractivity contribution in [1.29, 1.82) is 0 Å². The number of carbonyl (C=O) groups excluding carboxylic acids is 1. The van der Waals surface area contributed by atoms with Gasteiger partial charge in [-0.3, -0.25) is 10.1 Å². The second-order valence-corrected chi connectivity index (χ2v) is 5.41. The van der Waals surface area contributed by atoms with Crippen LogP contribution in [0.15, 0.2) is 36.4 Å². The summed E-state index contributed by atoms with van der Waals surface area (Å²) in [6.07, 6.45) is 0. The van der Waals surface area contributed by atoms with Crippen molar-refractivity contribution in [3.05, 3.63) is 68.8 Å². The molecular weight excluding hydrogens is 314 g/mol. The first-order valence-electron chi connectivity index (χ1n) is 7.29. The standard InChI is InChI=1S/C17H15NO6/c1-11-3-2-4-12(5-11)17(19)23-9-14-7-15(18(20)21)6-13-8-22-10-24-16(13)14/h2-7H,8-10H2,1H3. The summed E-state index contributed by atoms with van der Waals surface area (Å²) in [7, 11) is 0. The Hall–Kier alpha value is -2.93. The number of esters is 1. The van der Waals surface area contributed by atoms with Crippen LogP contribution in [0.3, 0.4) is 0 Å². The number of hydrogen-bond donors (Lipinski definition) is 0. The highest BCUT2D eigenvalue weighted by atomic mass is 16.7. The number of aryl methyl sites for hydroxylation is 1. The van der Waals surface area contributed by atoms with Gasteiger partial charge in [0.2, 0.25) is 0 Å². The first kappa shape index (κ1) is 15.9. The summed E-state index contributed by atoms with van der Waals surface area (Å²) >= 11 is 0. The second-order valence-electron chi connectivity index (χ2n) is 5.41. The van der Waals surface area contributed by atoms with E-state index >= 15 is 0 Å². The summed E-state index contributed by atoms with van der Waals surface area (Å²) in [5, 5.41) is 11.1. The molecule has 2 aromatic rings. The quantitative estimate of drug-likeness (QED) is 0.486. The average molecular weight is 329 g/mol. The van der Waals surface area contributed by atoms with Crippen molar-refractivity contribution >= 4 is 11.7 Å². The van der Waals surface area contributed by atoms with Gasteiger partial charge in [-0.2, -0.15) is 0 Å². The minimum Gasteiger partial charge on any atom is -0.467 e. The Morgan fingerprint density at radius 2 is 2.17 bits per heavy atom. The highest BCUT2D eigenvalue weighted by Crippen LogP contribution is 2.33. The van der Waals surface area contributed by atoms with Gasteiger partial charge in [0, 0.05) is 23.3 Å². The van der Waals surface area contributed by atoms with Crippen LogP contribution in [0.5, 0.6) is 5.75 Å². The summed E-state index contributed by atoms with van der Waals surface area (Å²) < 4.78 is 15.8. The number of nitrogens with zero attached hydrogens (tertiary/aromatic N) is 1. The van der Waals surface area contributed by atoms with E-state index in [-0.39, 0.29) is 25.7 Å². The molecule has 1 heterocycles. The molecule has 2 aromatic carbocycles. The Morgan fingerprint density at radius 3 is 2.92 bits per heavy atom. The van der Waals surface area contributed by atoms with Gasteiger partial charge in [0.25, 0.3) is 5.69 Å². The van der Waals surface area contributed by atoms with Gasteiger partial charge in [0.05, 0.1) is 17.1 Å². The molecule has 0 bridgehead atoms. The second kappa shape index (κ2) is 6.67. The van der Waals surface area contributed by atoms with Crippen molar-refractivity contribution in [3.8, 4) is 5.75 Å². The lowest BCUT2D eigenvalue weighted by atomic mass is 10.1. The molecule has 0 aliphatic carbocycles. The molecule has 0 atom stereocenters. The van der Waals surface area contributed by atoms with Crippen molar-refractivity contribution in [2.45, 2.75) is 20.1 Å². The number of fused-ring (bicyclic) bond motifs is 1. The van der Waals surface area contributed by atoms with Crippen molar-refractivity contribution < 1.29 is 23.9 Å². The van der Waals surface area contributed by atoms with Gasteiger partial charge in [0.15, 0.2) is 6.79 Å². The van der Waals surface area contributed by atoms with Crippen LogP contribution in [-0.2, 0) is 22.7 Å². The Balaban J connectivity index is 1.82. The molecule has 0 unspecified atom stereocenters. The molecule has 0 spiro atoms. The number of hydrogen-bond acceptors (Lipinski definition) is 6. The number of nitro groups is 1. The van der Waals surface area contributed by atoms with Crippen molar-refractivity contribution in [2.24, 2.45) is 0 Å². The lowest BCUT2D eigenvalue weighted by Crippen LogP contribution is -2.15. The molecule has 1 aliphatic rings. The molecule has 7 nitrogen and oxygen atoms in total. The molecule has 3 rings (SSSR count).